The van der Waals surface area contributed by atoms with Crippen LogP contribution in [0, 0.1) is 10.1 Å². The van der Waals surface area contributed by atoms with Gasteiger partial charge in [0.15, 0.2) is 5.82 Å². The molecule has 0 atom stereocenters. The molecule has 20 heavy (non-hydrogen) atoms. The van der Waals surface area contributed by atoms with Crippen LogP contribution >= 0.6 is 0 Å². The van der Waals surface area contributed by atoms with Crippen molar-refractivity contribution in [1.82, 2.24) is 14.8 Å². The van der Waals surface area contributed by atoms with Crippen molar-refractivity contribution in [2.24, 2.45) is 0 Å². The van der Waals surface area contributed by atoms with Gasteiger partial charge in [-0.15, -0.1) is 10.2 Å². The quantitative estimate of drug-likeness (QED) is 0.639. The van der Waals surface area contributed by atoms with Crippen molar-refractivity contribution < 1.29 is 9.66 Å². The van der Waals surface area contributed by atoms with E-state index in [0.717, 1.165) is 12.4 Å². The Morgan fingerprint density at radius 1 is 1.45 bits per heavy atom. The van der Waals surface area contributed by atoms with Crippen molar-refractivity contribution in [1.29, 1.82) is 0 Å². The largest absolute Gasteiger partial charge is 0.496 e. The number of aromatic nitrogens is 3. The van der Waals surface area contributed by atoms with Crippen molar-refractivity contribution in [3.63, 3.8) is 0 Å². The zero-order valence-electron chi connectivity index (χ0n) is 11.2. The minimum Gasteiger partial charge on any atom is -0.496 e. The molecule has 8 heteroatoms. The Bertz CT molecular complexity index is 611. The maximum atomic E-state index is 10.9. The van der Waals surface area contributed by atoms with Crippen LogP contribution < -0.4 is 10.1 Å². The first-order valence-electron chi connectivity index (χ1n) is 6.08. The summed E-state index contributed by atoms with van der Waals surface area (Å²) in [5.41, 5.74) is 0.575. The molecule has 0 saturated heterocycles. The smallest absolute Gasteiger partial charge is 0.275 e. The summed E-state index contributed by atoms with van der Waals surface area (Å²) in [6, 6.07) is 4.52. The first-order chi connectivity index (χ1) is 9.63. The molecule has 0 aliphatic heterocycles. The molecular weight excluding hydrogens is 262 g/mol. The number of nitro groups is 1. The second-order valence-electron chi connectivity index (χ2n) is 4.06. The van der Waals surface area contributed by atoms with E-state index in [4.69, 9.17) is 4.74 Å². The SMILES string of the molecule is CCn1cnnc1CNc1cc(OC)cc([N+](=O)[O-])c1. The molecule has 0 aliphatic carbocycles. The van der Waals surface area contributed by atoms with E-state index in [-0.39, 0.29) is 5.69 Å². The molecular formula is C12H15N5O3. The molecule has 0 radical (unpaired) electrons. The summed E-state index contributed by atoms with van der Waals surface area (Å²) < 4.78 is 6.94. The Kier molecular flexibility index (Phi) is 4.14. The molecule has 2 rings (SSSR count). The molecule has 106 valence electrons. The van der Waals surface area contributed by atoms with Gasteiger partial charge in [-0.2, -0.15) is 0 Å². The third kappa shape index (κ3) is 3.02. The molecule has 1 heterocycles. The highest BCUT2D eigenvalue weighted by Gasteiger charge is 2.11. The standard InChI is InChI=1S/C12H15N5O3/c1-3-16-8-14-15-12(16)7-13-9-4-10(17(18)19)6-11(5-9)20-2/h4-6,8,13H,3,7H2,1-2H3. The van der Waals surface area contributed by atoms with Gasteiger partial charge in [0.05, 0.1) is 24.6 Å². The molecule has 8 nitrogen and oxygen atoms in total. The molecule has 0 spiro atoms. The van der Waals surface area contributed by atoms with Gasteiger partial charge in [0.1, 0.15) is 12.1 Å². The summed E-state index contributed by atoms with van der Waals surface area (Å²) >= 11 is 0. The Morgan fingerprint density at radius 3 is 2.90 bits per heavy atom. The number of benzene rings is 1. The number of anilines is 1. The van der Waals surface area contributed by atoms with Crippen molar-refractivity contribution >= 4 is 11.4 Å². The van der Waals surface area contributed by atoms with Crippen LogP contribution in [-0.2, 0) is 13.1 Å². The lowest BCUT2D eigenvalue weighted by atomic mass is 10.2. The predicted octanol–water partition coefficient (Wildman–Crippen LogP) is 1.83. The fraction of sp³-hybridized carbons (Fsp3) is 0.333. The average molecular weight is 277 g/mol. The minimum absolute atomic E-state index is 0.0243. The van der Waals surface area contributed by atoms with Gasteiger partial charge < -0.3 is 14.6 Å². The Morgan fingerprint density at radius 2 is 2.25 bits per heavy atom. The monoisotopic (exact) mass is 277 g/mol. The number of nitro benzene ring substituents is 1. The number of nitrogens with zero attached hydrogens (tertiary/aromatic N) is 4. The number of aryl methyl sites for hydroxylation is 1. The summed E-state index contributed by atoms with van der Waals surface area (Å²) in [5, 5.41) is 21.7. The zero-order chi connectivity index (χ0) is 14.5. The van der Waals surface area contributed by atoms with Gasteiger partial charge in [0.2, 0.25) is 0 Å². The van der Waals surface area contributed by atoms with Crippen LogP contribution in [0.2, 0.25) is 0 Å². The number of hydrogen-bond donors (Lipinski definition) is 1. The van der Waals surface area contributed by atoms with Gasteiger partial charge in [0.25, 0.3) is 5.69 Å². The van der Waals surface area contributed by atoms with Crippen LogP contribution in [0.25, 0.3) is 0 Å². The Balaban J connectivity index is 2.16. The predicted molar refractivity (Wildman–Crippen MR) is 72.7 cm³/mol. The van der Waals surface area contributed by atoms with Gasteiger partial charge >= 0.3 is 0 Å². The van der Waals surface area contributed by atoms with Crippen LogP contribution in [0.1, 0.15) is 12.7 Å². The van der Waals surface area contributed by atoms with Crippen molar-refractivity contribution in [3.05, 3.63) is 40.5 Å². The van der Waals surface area contributed by atoms with E-state index in [1.165, 1.54) is 19.2 Å². The Labute approximate surface area is 115 Å². The van der Waals surface area contributed by atoms with E-state index in [1.54, 1.807) is 12.4 Å². The fourth-order valence-corrected chi connectivity index (χ4v) is 1.77. The highest BCUT2D eigenvalue weighted by atomic mass is 16.6. The van der Waals surface area contributed by atoms with Crippen LogP contribution in [0.15, 0.2) is 24.5 Å². The van der Waals surface area contributed by atoms with Crippen LogP contribution in [0.5, 0.6) is 5.75 Å². The molecule has 2 aromatic rings. The summed E-state index contributed by atoms with van der Waals surface area (Å²) in [4.78, 5) is 10.4. The second-order valence-corrected chi connectivity index (χ2v) is 4.06. The molecule has 1 aromatic heterocycles. The number of nitrogens with one attached hydrogen (secondary N) is 1. The van der Waals surface area contributed by atoms with Gasteiger partial charge in [-0.25, -0.2) is 0 Å². The molecule has 0 fully saturated rings. The topological polar surface area (TPSA) is 95.1 Å². The van der Waals surface area contributed by atoms with Crippen molar-refractivity contribution in [2.45, 2.75) is 20.0 Å². The van der Waals surface area contributed by atoms with E-state index in [1.807, 2.05) is 11.5 Å². The second kappa shape index (κ2) is 6.00. The first-order valence-corrected chi connectivity index (χ1v) is 6.08. The van der Waals surface area contributed by atoms with Crippen LogP contribution in [0.3, 0.4) is 0 Å². The lowest BCUT2D eigenvalue weighted by Crippen LogP contribution is -2.07. The third-order valence-corrected chi connectivity index (χ3v) is 2.82. The molecule has 1 aromatic carbocycles. The normalized spacial score (nSPS) is 10.3. The van der Waals surface area contributed by atoms with E-state index in [0.29, 0.717) is 18.0 Å². The van der Waals surface area contributed by atoms with E-state index >= 15 is 0 Å². The summed E-state index contributed by atoms with van der Waals surface area (Å²) in [5.74, 6) is 1.19. The van der Waals surface area contributed by atoms with Gasteiger partial charge in [-0.1, -0.05) is 0 Å². The minimum atomic E-state index is -0.456. The number of ether oxygens (including phenoxy) is 1. The van der Waals surface area contributed by atoms with Crippen LogP contribution in [0.4, 0.5) is 11.4 Å². The number of methoxy groups -OCH3 is 1. The first kappa shape index (κ1) is 13.8. The molecule has 0 aliphatic rings. The van der Waals surface area contributed by atoms with E-state index < -0.39 is 4.92 Å². The maximum absolute atomic E-state index is 10.9. The lowest BCUT2D eigenvalue weighted by molar-refractivity contribution is -0.384. The molecule has 0 bridgehead atoms. The van der Waals surface area contributed by atoms with Crippen molar-refractivity contribution in [2.75, 3.05) is 12.4 Å². The Hall–Kier alpha value is -2.64. The van der Waals surface area contributed by atoms with Gasteiger partial charge in [-0.3, -0.25) is 10.1 Å². The van der Waals surface area contributed by atoms with E-state index in [9.17, 15) is 10.1 Å². The average Bonchev–Trinajstić information content (AvgIpc) is 2.92. The molecule has 1 N–H and O–H groups in total. The fourth-order valence-electron chi connectivity index (χ4n) is 1.77. The lowest BCUT2D eigenvalue weighted by Gasteiger charge is -2.08. The summed E-state index contributed by atoms with van der Waals surface area (Å²) in [6.45, 7) is 3.18. The number of non-ortho nitro benzene ring substituents is 1. The molecule has 0 amide bonds. The van der Waals surface area contributed by atoms with Crippen molar-refractivity contribution in [3.8, 4) is 5.75 Å². The number of rotatable bonds is 6. The zero-order valence-corrected chi connectivity index (χ0v) is 11.2. The molecule has 0 unspecified atom stereocenters. The summed E-state index contributed by atoms with van der Waals surface area (Å²) in [7, 11) is 1.47. The van der Waals surface area contributed by atoms with Gasteiger partial charge in [-0.05, 0) is 6.92 Å². The van der Waals surface area contributed by atoms with Gasteiger partial charge in [0, 0.05) is 24.4 Å². The van der Waals surface area contributed by atoms with E-state index in [2.05, 4.69) is 15.5 Å². The third-order valence-electron chi connectivity index (χ3n) is 2.82. The van der Waals surface area contributed by atoms with Crippen LogP contribution in [-0.4, -0.2) is 26.8 Å². The highest BCUT2D eigenvalue weighted by molar-refractivity contribution is 5.56. The molecule has 0 saturated carbocycles. The highest BCUT2D eigenvalue weighted by Crippen LogP contribution is 2.25. The summed E-state index contributed by atoms with van der Waals surface area (Å²) in [6.07, 6.45) is 1.64. The maximum Gasteiger partial charge on any atom is 0.275 e. The number of hydrogen-bond acceptors (Lipinski definition) is 6.